The maximum absolute atomic E-state index is 11.6. The summed E-state index contributed by atoms with van der Waals surface area (Å²) in [6.45, 7) is 4.46. The van der Waals surface area contributed by atoms with Crippen molar-refractivity contribution in [3.63, 3.8) is 0 Å². The predicted molar refractivity (Wildman–Crippen MR) is 80.3 cm³/mol. The molecule has 0 aromatic heterocycles. The Kier molecular flexibility index (Phi) is 6.95. The highest BCUT2D eigenvalue weighted by molar-refractivity contribution is 7.99. The van der Waals surface area contributed by atoms with Crippen molar-refractivity contribution in [1.82, 2.24) is 5.32 Å². The zero-order chi connectivity index (χ0) is 14.1. The summed E-state index contributed by atoms with van der Waals surface area (Å²) >= 11 is 1.77. The average molecular weight is 281 g/mol. The number of nitrogens with one attached hydrogen (secondary N) is 1. The summed E-state index contributed by atoms with van der Waals surface area (Å²) in [5.41, 5.74) is -0.242. The number of amides is 1. The molecule has 0 saturated carbocycles. The number of carbonyl (C=O) groups is 1. The number of aliphatic hydroxyl groups excluding tert-OH is 1. The number of hydrogen-bond donors (Lipinski definition) is 2. The molecule has 3 nitrogen and oxygen atoms in total. The first kappa shape index (κ1) is 16.1. The third kappa shape index (κ3) is 7.23. The van der Waals surface area contributed by atoms with E-state index in [1.807, 2.05) is 32.0 Å². The summed E-state index contributed by atoms with van der Waals surface area (Å²) in [5.74, 6) is 1.01. The van der Waals surface area contributed by atoms with Crippen LogP contribution in [0.5, 0.6) is 0 Å². The second kappa shape index (κ2) is 8.23. The third-order valence-corrected chi connectivity index (χ3v) is 3.85. The van der Waals surface area contributed by atoms with Crippen LogP contribution < -0.4 is 5.32 Å². The van der Waals surface area contributed by atoms with E-state index in [2.05, 4.69) is 17.4 Å². The van der Waals surface area contributed by atoms with Gasteiger partial charge in [0.25, 0.3) is 0 Å². The monoisotopic (exact) mass is 281 g/mol. The summed E-state index contributed by atoms with van der Waals surface area (Å²) in [7, 11) is 0. The van der Waals surface area contributed by atoms with E-state index in [1.54, 1.807) is 11.8 Å². The molecular formula is C15H23NO2S. The Morgan fingerprint density at radius 1 is 1.32 bits per heavy atom. The van der Waals surface area contributed by atoms with Crippen LogP contribution in [-0.2, 0) is 4.79 Å². The fourth-order valence-electron chi connectivity index (χ4n) is 1.42. The van der Waals surface area contributed by atoms with Gasteiger partial charge in [-0.05, 0) is 24.3 Å². The molecule has 0 aliphatic rings. The molecule has 0 unspecified atom stereocenters. The number of carbonyl (C=O) groups excluding carboxylic acids is 1. The maximum atomic E-state index is 11.6. The van der Waals surface area contributed by atoms with Crippen LogP contribution in [0, 0.1) is 5.41 Å². The van der Waals surface area contributed by atoms with Crippen molar-refractivity contribution >= 4 is 17.7 Å². The third-order valence-electron chi connectivity index (χ3n) is 2.75. The highest BCUT2D eigenvalue weighted by Crippen LogP contribution is 2.18. The van der Waals surface area contributed by atoms with Crippen molar-refractivity contribution in [3.05, 3.63) is 30.3 Å². The summed E-state index contributed by atoms with van der Waals surface area (Å²) in [6.07, 6.45) is 1.41. The van der Waals surface area contributed by atoms with E-state index in [4.69, 9.17) is 5.11 Å². The van der Waals surface area contributed by atoms with Crippen molar-refractivity contribution < 1.29 is 9.90 Å². The first-order valence-electron chi connectivity index (χ1n) is 6.59. The number of thioether (sulfide) groups is 1. The van der Waals surface area contributed by atoms with Gasteiger partial charge in [-0.25, -0.2) is 0 Å². The molecule has 0 saturated heterocycles. The predicted octanol–water partition coefficient (Wildman–Crippen LogP) is 2.69. The zero-order valence-electron chi connectivity index (χ0n) is 11.7. The Labute approximate surface area is 119 Å². The molecule has 0 radical (unpaired) electrons. The van der Waals surface area contributed by atoms with E-state index in [0.717, 1.165) is 12.2 Å². The Bertz CT molecular complexity index is 379. The molecule has 1 rings (SSSR count). The highest BCUT2D eigenvalue weighted by Gasteiger charge is 2.17. The van der Waals surface area contributed by atoms with Gasteiger partial charge in [-0.15, -0.1) is 11.8 Å². The van der Waals surface area contributed by atoms with Crippen LogP contribution in [-0.4, -0.2) is 29.9 Å². The molecule has 0 atom stereocenters. The Morgan fingerprint density at radius 3 is 2.63 bits per heavy atom. The molecular weight excluding hydrogens is 258 g/mol. The molecule has 0 spiro atoms. The molecule has 19 heavy (non-hydrogen) atoms. The van der Waals surface area contributed by atoms with E-state index >= 15 is 0 Å². The van der Waals surface area contributed by atoms with E-state index in [-0.39, 0.29) is 17.9 Å². The van der Waals surface area contributed by atoms with Gasteiger partial charge in [-0.3, -0.25) is 4.79 Å². The molecule has 4 heteroatoms. The summed E-state index contributed by atoms with van der Waals surface area (Å²) in [5, 5.41) is 12.0. The van der Waals surface area contributed by atoms with Gasteiger partial charge in [-0.2, -0.15) is 0 Å². The van der Waals surface area contributed by atoms with Crippen molar-refractivity contribution in [2.75, 3.05) is 18.9 Å². The first-order chi connectivity index (χ1) is 9.03. The molecule has 0 fully saturated rings. The van der Waals surface area contributed by atoms with Crippen LogP contribution >= 0.6 is 11.8 Å². The second-order valence-corrected chi connectivity index (χ2v) is 6.53. The summed E-state index contributed by atoms with van der Waals surface area (Å²) in [6, 6.07) is 10.2. The summed E-state index contributed by atoms with van der Waals surface area (Å²) < 4.78 is 0. The van der Waals surface area contributed by atoms with E-state index in [0.29, 0.717) is 13.0 Å². The van der Waals surface area contributed by atoms with Gasteiger partial charge in [0, 0.05) is 29.9 Å². The molecule has 1 aromatic rings. The lowest BCUT2D eigenvalue weighted by molar-refractivity contribution is -0.121. The fourth-order valence-corrected chi connectivity index (χ4v) is 2.30. The first-order valence-corrected chi connectivity index (χ1v) is 7.57. The molecule has 0 bridgehead atoms. The van der Waals surface area contributed by atoms with E-state index in [9.17, 15) is 4.79 Å². The number of hydrogen-bond acceptors (Lipinski definition) is 3. The second-order valence-electron chi connectivity index (χ2n) is 5.36. The van der Waals surface area contributed by atoms with Crippen LogP contribution in [0.2, 0.25) is 0 Å². The molecule has 1 amide bonds. The van der Waals surface area contributed by atoms with Crippen LogP contribution in [0.4, 0.5) is 0 Å². The zero-order valence-corrected chi connectivity index (χ0v) is 12.5. The lowest BCUT2D eigenvalue weighted by Gasteiger charge is -2.21. The topological polar surface area (TPSA) is 49.3 Å². The van der Waals surface area contributed by atoms with Gasteiger partial charge in [-0.1, -0.05) is 32.0 Å². The van der Waals surface area contributed by atoms with E-state index < -0.39 is 0 Å². The van der Waals surface area contributed by atoms with Gasteiger partial charge in [0.2, 0.25) is 5.91 Å². The maximum Gasteiger partial charge on any atom is 0.220 e. The number of rotatable bonds is 8. The molecule has 0 aliphatic carbocycles. The van der Waals surface area contributed by atoms with Crippen LogP contribution in [0.3, 0.4) is 0 Å². The van der Waals surface area contributed by atoms with Crippen molar-refractivity contribution in [2.45, 2.75) is 31.6 Å². The van der Waals surface area contributed by atoms with Crippen LogP contribution in [0.25, 0.3) is 0 Å². The van der Waals surface area contributed by atoms with Crippen molar-refractivity contribution in [2.24, 2.45) is 5.41 Å². The normalized spacial score (nSPS) is 11.3. The highest BCUT2D eigenvalue weighted by atomic mass is 32.2. The molecule has 106 valence electrons. The number of aliphatic hydroxyl groups is 1. The standard InChI is InChI=1S/C15H23NO2S/c1-15(2,12-17)11-16-14(18)9-6-10-19-13-7-4-3-5-8-13/h3-5,7-8,17H,6,9-12H2,1-2H3,(H,16,18). The molecule has 0 heterocycles. The van der Waals surface area contributed by atoms with Crippen molar-refractivity contribution in [1.29, 1.82) is 0 Å². The fraction of sp³-hybridized carbons (Fsp3) is 0.533. The minimum atomic E-state index is -0.242. The van der Waals surface area contributed by atoms with E-state index in [1.165, 1.54) is 4.90 Å². The largest absolute Gasteiger partial charge is 0.396 e. The van der Waals surface area contributed by atoms with Crippen LogP contribution in [0.1, 0.15) is 26.7 Å². The van der Waals surface area contributed by atoms with Crippen LogP contribution in [0.15, 0.2) is 35.2 Å². The number of benzene rings is 1. The SMILES string of the molecule is CC(C)(CO)CNC(=O)CCCSc1ccccc1. The smallest absolute Gasteiger partial charge is 0.220 e. The lowest BCUT2D eigenvalue weighted by atomic mass is 9.95. The van der Waals surface area contributed by atoms with Crippen molar-refractivity contribution in [3.8, 4) is 0 Å². The minimum absolute atomic E-state index is 0.0650. The average Bonchev–Trinajstić information content (AvgIpc) is 2.43. The Morgan fingerprint density at radius 2 is 2.00 bits per heavy atom. The molecule has 1 aromatic carbocycles. The van der Waals surface area contributed by atoms with Gasteiger partial charge < -0.3 is 10.4 Å². The van der Waals surface area contributed by atoms with Gasteiger partial charge in [0.15, 0.2) is 0 Å². The lowest BCUT2D eigenvalue weighted by Crippen LogP contribution is -2.35. The Balaban J connectivity index is 2.11. The van der Waals surface area contributed by atoms with Gasteiger partial charge in [0.1, 0.15) is 0 Å². The Hall–Kier alpha value is -1.00. The minimum Gasteiger partial charge on any atom is -0.396 e. The van der Waals surface area contributed by atoms with Gasteiger partial charge >= 0.3 is 0 Å². The van der Waals surface area contributed by atoms with Gasteiger partial charge in [0.05, 0.1) is 0 Å². The quantitative estimate of drug-likeness (QED) is 0.569. The molecule has 2 N–H and O–H groups in total. The molecule has 0 aliphatic heterocycles. The summed E-state index contributed by atoms with van der Waals surface area (Å²) in [4.78, 5) is 12.9.